The van der Waals surface area contributed by atoms with Gasteiger partial charge < -0.3 is 0 Å². The van der Waals surface area contributed by atoms with Crippen LogP contribution in [-0.4, -0.2) is 11.8 Å². The second-order valence-corrected chi connectivity index (χ2v) is 4.25. The van der Waals surface area contributed by atoms with E-state index in [9.17, 15) is 17.6 Å². The van der Waals surface area contributed by atoms with E-state index in [1.165, 1.54) is 0 Å². The molecule has 0 aromatic heterocycles. The number of hydrogen-bond donors (Lipinski definition) is 0. The summed E-state index contributed by atoms with van der Waals surface area (Å²) in [5, 5.41) is 0. The molecule has 72 valence electrons. The number of hydrogen-bond acceptors (Lipinski definition) is 0. The molecule has 13 heavy (non-hydrogen) atoms. The summed E-state index contributed by atoms with van der Waals surface area (Å²) in [6.07, 6.45) is 3.85. The van der Waals surface area contributed by atoms with Gasteiger partial charge in [-0.2, -0.15) is 17.6 Å². The van der Waals surface area contributed by atoms with E-state index < -0.39 is 23.7 Å². The monoisotopic (exact) mass is 192 g/mol. The van der Waals surface area contributed by atoms with Crippen molar-refractivity contribution in [1.82, 2.24) is 0 Å². The van der Waals surface area contributed by atoms with Crippen molar-refractivity contribution < 1.29 is 17.6 Å². The predicted octanol–water partition coefficient (Wildman–Crippen LogP) is 2.71. The molecule has 3 aliphatic carbocycles. The minimum Gasteiger partial charge on any atom is -0.200 e. The summed E-state index contributed by atoms with van der Waals surface area (Å²) in [6.45, 7) is 0. The van der Waals surface area contributed by atoms with Gasteiger partial charge in [-0.25, -0.2) is 0 Å². The minimum absolute atomic E-state index is 0.301. The van der Waals surface area contributed by atoms with Gasteiger partial charge in [-0.15, -0.1) is 0 Å². The standard InChI is InChI=1S/C9H8F4/c10-8(11)6-4-1-2-5(3-4)7(6)9(8,12)13/h1-2,4-7H,3H2/t4-,5-,6+,7+/m0/s1. The van der Waals surface area contributed by atoms with E-state index in [-0.39, 0.29) is 11.8 Å². The van der Waals surface area contributed by atoms with Crippen LogP contribution in [0.1, 0.15) is 6.42 Å². The van der Waals surface area contributed by atoms with Crippen LogP contribution >= 0.6 is 0 Å². The molecule has 0 aromatic rings. The van der Waals surface area contributed by atoms with Crippen LogP contribution in [0.15, 0.2) is 12.2 Å². The van der Waals surface area contributed by atoms with E-state index in [0.29, 0.717) is 6.42 Å². The molecule has 0 N–H and O–H groups in total. The number of rotatable bonds is 0. The number of fused-ring (bicyclic) bond motifs is 5. The Labute approximate surface area is 72.6 Å². The zero-order chi connectivity index (χ0) is 9.43. The van der Waals surface area contributed by atoms with Crippen LogP contribution in [-0.2, 0) is 0 Å². The summed E-state index contributed by atoms with van der Waals surface area (Å²) in [7, 11) is 0. The Morgan fingerprint density at radius 2 is 1.23 bits per heavy atom. The molecule has 3 aliphatic rings. The van der Waals surface area contributed by atoms with E-state index in [1.54, 1.807) is 12.2 Å². The van der Waals surface area contributed by atoms with Crippen LogP contribution < -0.4 is 0 Å². The second-order valence-electron chi connectivity index (χ2n) is 4.25. The summed E-state index contributed by atoms with van der Waals surface area (Å²) in [5.74, 6) is -10.3. The topological polar surface area (TPSA) is 0 Å². The molecule has 0 aliphatic heterocycles. The van der Waals surface area contributed by atoms with Crippen LogP contribution in [0.3, 0.4) is 0 Å². The van der Waals surface area contributed by atoms with Crippen molar-refractivity contribution in [3.8, 4) is 0 Å². The highest BCUT2D eigenvalue weighted by molar-refractivity contribution is 5.27. The Morgan fingerprint density at radius 3 is 1.62 bits per heavy atom. The Hall–Kier alpha value is -0.540. The van der Waals surface area contributed by atoms with Gasteiger partial charge in [-0.05, 0) is 18.3 Å². The first-order valence-corrected chi connectivity index (χ1v) is 4.40. The van der Waals surface area contributed by atoms with E-state index in [4.69, 9.17) is 0 Å². The molecule has 4 heteroatoms. The van der Waals surface area contributed by atoms with E-state index in [0.717, 1.165) is 0 Å². The van der Waals surface area contributed by atoms with Crippen molar-refractivity contribution in [2.75, 3.05) is 0 Å². The lowest BCUT2D eigenvalue weighted by Crippen LogP contribution is -2.67. The third kappa shape index (κ3) is 0.597. The van der Waals surface area contributed by atoms with Crippen molar-refractivity contribution in [2.24, 2.45) is 23.7 Å². The fourth-order valence-corrected chi connectivity index (χ4v) is 3.16. The minimum atomic E-state index is -3.76. The van der Waals surface area contributed by atoms with Crippen molar-refractivity contribution in [2.45, 2.75) is 18.3 Å². The first-order valence-electron chi connectivity index (χ1n) is 4.40. The molecule has 0 heterocycles. The van der Waals surface area contributed by atoms with Gasteiger partial charge in [-0.3, -0.25) is 0 Å². The molecule has 2 saturated carbocycles. The largest absolute Gasteiger partial charge is 0.314 e. The normalized spacial score (nSPS) is 53.2. The van der Waals surface area contributed by atoms with Crippen LogP contribution in [0.4, 0.5) is 17.6 Å². The third-order valence-electron chi connectivity index (χ3n) is 3.74. The van der Waals surface area contributed by atoms with Gasteiger partial charge in [0.15, 0.2) is 0 Å². The first kappa shape index (κ1) is 7.83. The van der Waals surface area contributed by atoms with Gasteiger partial charge in [-0.1, -0.05) is 12.2 Å². The molecule has 0 nitrogen and oxygen atoms in total. The first-order chi connectivity index (χ1) is 5.96. The second kappa shape index (κ2) is 1.79. The number of halogens is 4. The number of alkyl halides is 4. The fourth-order valence-electron chi connectivity index (χ4n) is 3.16. The summed E-state index contributed by atoms with van der Waals surface area (Å²) in [6, 6.07) is 0. The average molecular weight is 192 g/mol. The molecule has 0 radical (unpaired) electrons. The third-order valence-corrected chi connectivity index (χ3v) is 3.74. The van der Waals surface area contributed by atoms with Gasteiger partial charge in [0.25, 0.3) is 0 Å². The molecule has 3 rings (SSSR count). The summed E-state index contributed by atoms with van der Waals surface area (Å²) in [4.78, 5) is 0. The smallest absolute Gasteiger partial charge is 0.200 e. The highest BCUT2D eigenvalue weighted by atomic mass is 19.3. The van der Waals surface area contributed by atoms with Crippen molar-refractivity contribution in [1.29, 1.82) is 0 Å². The average Bonchev–Trinajstić information content (AvgIpc) is 2.60. The lowest BCUT2D eigenvalue weighted by Gasteiger charge is -2.51. The predicted molar refractivity (Wildman–Crippen MR) is 37.6 cm³/mol. The van der Waals surface area contributed by atoms with Crippen molar-refractivity contribution in [3.63, 3.8) is 0 Å². The molecular weight excluding hydrogens is 184 g/mol. The number of allylic oxidation sites excluding steroid dienone is 2. The maximum Gasteiger partial charge on any atom is 0.314 e. The molecule has 0 aromatic carbocycles. The van der Waals surface area contributed by atoms with Gasteiger partial charge in [0, 0.05) is 11.8 Å². The summed E-state index contributed by atoms with van der Waals surface area (Å²) >= 11 is 0. The molecule has 0 saturated heterocycles. The molecule has 2 bridgehead atoms. The lowest BCUT2D eigenvalue weighted by atomic mass is 9.61. The van der Waals surface area contributed by atoms with Crippen molar-refractivity contribution >= 4 is 0 Å². The molecule has 2 fully saturated rings. The van der Waals surface area contributed by atoms with Gasteiger partial charge in [0.2, 0.25) is 0 Å². The van der Waals surface area contributed by atoms with Gasteiger partial charge in [0.05, 0.1) is 0 Å². The summed E-state index contributed by atoms with van der Waals surface area (Å²) < 4.78 is 51.8. The fraction of sp³-hybridized carbons (Fsp3) is 0.778. The Bertz CT molecular complexity index is 266. The van der Waals surface area contributed by atoms with Crippen LogP contribution in [0.25, 0.3) is 0 Å². The molecule has 0 amide bonds. The lowest BCUT2D eigenvalue weighted by molar-refractivity contribution is -0.355. The Morgan fingerprint density at radius 1 is 0.846 bits per heavy atom. The van der Waals surface area contributed by atoms with Gasteiger partial charge >= 0.3 is 11.8 Å². The SMILES string of the molecule is FC1(F)[C@H]2[C@@H]([C@H]3C=C[C@H]2C3)C1(F)F. The van der Waals surface area contributed by atoms with E-state index >= 15 is 0 Å². The van der Waals surface area contributed by atoms with Gasteiger partial charge in [0.1, 0.15) is 0 Å². The highest BCUT2D eigenvalue weighted by Crippen LogP contribution is 2.71. The molecular formula is C9H8F4. The van der Waals surface area contributed by atoms with Crippen LogP contribution in [0, 0.1) is 23.7 Å². The maximum atomic E-state index is 12.9. The van der Waals surface area contributed by atoms with Crippen LogP contribution in [0.2, 0.25) is 0 Å². The zero-order valence-electron chi connectivity index (χ0n) is 6.68. The van der Waals surface area contributed by atoms with E-state index in [1.807, 2.05) is 0 Å². The zero-order valence-corrected chi connectivity index (χ0v) is 6.68. The molecule has 4 atom stereocenters. The molecule has 0 spiro atoms. The van der Waals surface area contributed by atoms with Crippen LogP contribution in [0.5, 0.6) is 0 Å². The Kier molecular flexibility index (Phi) is 1.08. The quantitative estimate of drug-likeness (QED) is 0.409. The molecule has 0 unspecified atom stereocenters. The maximum absolute atomic E-state index is 12.9. The van der Waals surface area contributed by atoms with Crippen molar-refractivity contribution in [3.05, 3.63) is 12.2 Å². The Balaban J connectivity index is 2.04. The van der Waals surface area contributed by atoms with E-state index in [2.05, 4.69) is 0 Å². The highest BCUT2D eigenvalue weighted by Gasteiger charge is 2.83. The summed E-state index contributed by atoms with van der Waals surface area (Å²) in [5.41, 5.74) is 0.